The zero-order chi connectivity index (χ0) is 19.2. The van der Waals surface area contributed by atoms with E-state index in [1.54, 1.807) is 0 Å². The molecular weight excluding hydrogens is 406 g/mol. The third-order valence-electron chi connectivity index (χ3n) is 3.19. The summed E-state index contributed by atoms with van der Waals surface area (Å²) in [6.45, 7) is 1.36. The highest BCUT2D eigenvalue weighted by Gasteiger charge is 2.33. The van der Waals surface area contributed by atoms with Crippen LogP contribution in [0.1, 0.15) is 17.0 Å². The Kier molecular flexibility index (Phi) is 5.08. The van der Waals surface area contributed by atoms with Crippen molar-refractivity contribution in [1.82, 2.24) is 9.78 Å². The molecule has 0 radical (unpaired) electrons. The lowest BCUT2D eigenvalue weighted by molar-refractivity contribution is -0.137. The molecule has 0 saturated heterocycles. The molecule has 0 bridgehead atoms. The number of rotatable bonds is 3. The van der Waals surface area contributed by atoms with Crippen molar-refractivity contribution >= 4 is 39.3 Å². The van der Waals surface area contributed by atoms with Crippen molar-refractivity contribution in [2.24, 2.45) is 5.16 Å². The van der Waals surface area contributed by atoms with Crippen molar-refractivity contribution in [3.8, 4) is 5.69 Å². The van der Waals surface area contributed by atoms with E-state index in [4.69, 9.17) is 28.4 Å². The first-order chi connectivity index (χ1) is 11.4. The molecule has 2 aromatic rings. The van der Waals surface area contributed by atoms with E-state index in [1.165, 1.54) is 6.92 Å². The molecule has 12 heteroatoms. The van der Waals surface area contributed by atoms with Crippen molar-refractivity contribution < 1.29 is 26.8 Å². The van der Waals surface area contributed by atoms with Crippen LogP contribution in [0.25, 0.3) is 5.69 Å². The van der Waals surface area contributed by atoms with Crippen LogP contribution in [0, 0.1) is 6.92 Å². The second-order valence-electron chi connectivity index (χ2n) is 5.01. The highest BCUT2D eigenvalue weighted by atomic mass is 35.5. The van der Waals surface area contributed by atoms with Crippen molar-refractivity contribution in [1.29, 1.82) is 0 Å². The fourth-order valence-corrected chi connectivity index (χ4v) is 4.00. The van der Waals surface area contributed by atoms with E-state index in [-0.39, 0.29) is 32.0 Å². The quantitative estimate of drug-likeness (QED) is 0.470. The lowest BCUT2D eigenvalue weighted by Crippen LogP contribution is -2.08. The van der Waals surface area contributed by atoms with Crippen molar-refractivity contribution in [3.63, 3.8) is 0 Å². The fraction of sp³-hybridized carbons (Fsp3) is 0.231. The van der Waals surface area contributed by atoms with Crippen LogP contribution in [0.3, 0.4) is 0 Å². The van der Waals surface area contributed by atoms with Gasteiger partial charge in [-0.2, -0.15) is 18.3 Å². The molecule has 0 aliphatic heterocycles. The maximum Gasteiger partial charge on any atom is 0.416 e. The highest BCUT2D eigenvalue weighted by Crippen LogP contribution is 2.38. The van der Waals surface area contributed by atoms with Gasteiger partial charge in [-0.25, -0.2) is 13.1 Å². The van der Waals surface area contributed by atoms with Gasteiger partial charge in [0, 0.05) is 6.26 Å². The molecular formula is C13H10Cl2F3N3O3S. The van der Waals surface area contributed by atoms with E-state index in [2.05, 4.69) is 10.3 Å². The fourth-order valence-electron chi connectivity index (χ4n) is 2.26. The Balaban J connectivity index is 2.81. The van der Waals surface area contributed by atoms with E-state index in [1.807, 2.05) is 0 Å². The molecule has 0 aliphatic rings. The molecule has 0 saturated carbocycles. The van der Waals surface area contributed by atoms with Gasteiger partial charge in [0.15, 0.2) is 9.84 Å². The zero-order valence-corrected chi connectivity index (χ0v) is 15.0. The molecule has 0 amide bonds. The van der Waals surface area contributed by atoms with Crippen LogP contribution in [0.2, 0.25) is 10.0 Å². The number of hydrogen-bond donors (Lipinski definition) is 1. The van der Waals surface area contributed by atoms with Crippen molar-refractivity contribution in [2.75, 3.05) is 6.26 Å². The molecule has 6 nitrogen and oxygen atoms in total. The number of oxime groups is 1. The van der Waals surface area contributed by atoms with E-state index >= 15 is 0 Å². The summed E-state index contributed by atoms with van der Waals surface area (Å²) in [5.74, 6) is 0. The Morgan fingerprint density at radius 1 is 1.28 bits per heavy atom. The van der Waals surface area contributed by atoms with E-state index in [0.29, 0.717) is 12.1 Å². The maximum atomic E-state index is 12.8. The lowest BCUT2D eigenvalue weighted by atomic mass is 10.2. The molecule has 1 N–H and O–H groups in total. The van der Waals surface area contributed by atoms with Gasteiger partial charge in [0.2, 0.25) is 0 Å². The third-order valence-corrected chi connectivity index (χ3v) is 5.02. The summed E-state index contributed by atoms with van der Waals surface area (Å²) in [7, 11) is -3.78. The second-order valence-corrected chi connectivity index (χ2v) is 7.78. The number of nitrogens with zero attached hydrogens (tertiary/aromatic N) is 3. The minimum Gasteiger partial charge on any atom is -0.411 e. The maximum absolute atomic E-state index is 12.8. The first-order valence-electron chi connectivity index (χ1n) is 6.41. The van der Waals surface area contributed by atoms with Crippen LogP contribution in [0.4, 0.5) is 13.2 Å². The molecule has 136 valence electrons. The van der Waals surface area contributed by atoms with Crippen LogP contribution in [-0.2, 0) is 16.0 Å². The monoisotopic (exact) mass is 415 g/mol. The van der Waals surface area contributed by atoms with Crippen LogP contribution in [-0.4, -0.2) is 35.9 Å². The van der Waals surface area contributed by atoms with Crippen LogP contribution < -0.4 is 0 Å². The minimum atomic E-state index is -4.66. The van der Waals surface area contributed by atoms with E-state index < -0.39 is 21.6 Å². The van der Waals surface area contributed by atoms with Crippen molar-refractivity contribution in [2.45, 2.75) is 18.0 Å². The predicted octanol–water partition coefficient (Wildman–Crippen LogP) is 3.72. The smallest absolute Gasteiger partial charge is 0.411 e. The Morgan fingerprint density at radius 2 is 1.80 bits per heavy atom. The Bertz CT molecular complexity index is 946. The molecule has 0 unspecified atom stereocenters. The molecule has 1 aromatic carbocycles. The molecule has 0 atom stereocenters. The van der Waals surface area contributed by atoms with Crippen LogP contribution in [0.15, 0.2) is 22.2 Å². The molecule has 2 rings (SSSR count). The second kappa shape index (κ2) is 6.50. The number of halogens is 5. The Morgan fingerprint density at radius 3 is 2.20 bits per heavy atom. The summed E-state index contributed by atoms with van der Waals surface area (Å²) in [5, 5.41) is 14.6. The number of hydrogen-bond acceptors (Lipinski definition) is 5. The zero-order valence-electron chi connectivity index (χ0n) is 12.6. The van der Waals surface area contributed by atoms with Gasteiger partial charge in [-0.05, 0) is 19.1 Å². The normalized spacial score (nSPS) is 12.9. The molecule has 0 fully saturated rings. The SMILES string of the molecule is Cc1c(S(C)(=O)=O)c(C=NO)nn1-c1c(Cl)cc(C(F)(F)F)cc1Cl. The van der Waals surface area contributed by atoms with Crippen molar-refractivity contribution in [3.05, 3.63) is 39.1 Å². The van der Waals surface area contributed by atoms with Gasteiger partial charge in [0.1, 0.15) is 16.3 Å². The number of alkyl halides is 3. The van der Waals surface area contributed by atoms with Gasteiger partial charge >= 0.3 is 6.18 Å². The summed E-state index contributed by atoms with van der Waals surface area (Å²) in [6, 6.07) is 1.31. The average molecular weight is 416 g/mol. The van der Waals surface area contributed by atoms with Crippen LogP contribution >= 0.6 is 23.2 Å². The number of aromatic nitrogens is 2. The van der Waals surface area contributed by atoms with Gasteiger partial charge in [0.25, 0.3) is 0 Å². The topological polar surface area (TPSA) is 84.6 Å². The Hall–Kier alpha value is -1.78. The summed E-state index contributed by atoms with van der Waals surface area (Å²) in [4.78, 5) is -0.266. The summed E-state index contributed by atoms with van der Waals surface area (Å²) < 4.78 is 63.3. The Labute approximate surface area is 150 Å². The van der Waals surface area contributed by atoms with Gasteiger partial charge in [-0.3, -0.25) is 0 Å². The first-order valence-corrected chi connectivity index (χ1v) is 9.06. The van der Waals surface area contributed by atoms with Gasteiger partial charge in [-0.1, -0.05) is 28.4 Å². The standard InChI is InChI=1S/C13H10Cl2F3N3O3S/c1-6-12(25(2,23)24)10(5-19-22)20-21(6)11-8(14)3-7(4-9(11)15)13(16,17)18/h3-5,22H,1-2H3. The third kappa shape index (κ3) is 3.75. The molecule has 0 aliphatic carbocycles. The highest BCUT2D eigenvalue weighted by molar-refractivity contribution is 7.90. The summed E-state index contributed by atoms with van der Waals surface area (Å²) in [6.07, 6.45) is -2.96. The van der Waals surface area contributed by atoms with Gasteiger partial charge in [-0.15, -0.1) is 0 Å². The average Bonchev–Trinajstić information content (AvgIpc) is 2.74. The summed E-state index contributed by atoms with van der Waals surface area (Å²) in [5.41, 5.74) is -1.36. The largest absolute Gasteiger partial charge is 0.416 e. The summed E-state index contributed by atoms with van der Waals surface area (Å²) >= 11 is 11.8. The first kappa shape index (κ1) is 19.5. The van der Waals surface area contributed by atoms with E-state index in [0.717, 1.165) is 17.2 Å². The number of sulfone groups is 1. The molecule has 1 aromatic heterocycles. The predicted molar refractivity (Wildman–Crippen MR) is 85.8 cm³/mol. The van der Waals surface area contributed by atoms with Crippen LogP contribution in [0.5, 0.6) is 0 Å². The van der Waals surface area contributed by atoms with Gasteiger partial charge in [0.05, 0.1) is 27.5 Å². The minimum absolute atomic E-state index is 0.0426. The van der Waals surface area contributed by atoms with E-state index in [9.17, 15) is 21.6 Å². The molecule has 25 heavy (non-hydrogen) atoms. The molecule has 1 heterocycles. The van der Waals surface area contributed by atoms with Gasteiger partial charge < -0.3 is 5.21 Å². The molecule has 0 spiro atoms. The lowest BCUT2D eigenvalue weighted by Gasteiger charge is -2.13. The number of benzene rings is 1.